The zero-order valence-corrected chi connectivity index (χ0v) is 12.9. The number of fused-ring (bicyclic) bond motifs is 1. The zero-order chi connectivity index (χ0) is 14.7. The summed E-state index contributed by atoms with van der Waals surface area (Å²) in [6, 6.07) is 18.9. The highest BCUT2D eigenvalue weighted by molar-refractivity contribution is 6.30. The van der Waals surface area contributed by atoms with E-state index in [-0.39, 0.29) is 0 Å². The number of nitrogens with zero attached hydrogens (tertiary/aromatic N) is 1. The molecular weight excluding hydrogens is 280 g/mol. The van der Waals surface area contributed by atoms with E-state index in [1.54, 1.807) is 0 Å². The average molecular weight is 299 g/mol. The van der Waals surface area contributed by atoms with E-state index < -0.39 is 0 Å². The molecule has 3 aromatic rings. The number of aromatic nitrogens is 1. The SMILES string of the molecule is CCNCc1cc2ccccc2n1Cc1cccc(Cl)c1. The van der Waals surface area contributed by atoms with Gasteiger partial charge in [0.05, 0.1) is 0 Å². The molecule has 0 fully saturated rings. The Balaban J connectivity index is 2.02. The molecule has 0 spiro atoms. The van der Waals surface area contributed by atoms with Gasteiger partial charge in [-0.05, 0) is 41.8 Å². The quantitative estimate of drug-likeness (QED) is 0.736. The Bertz CT molecular complexity index is 746. The van der Waals surface area contributed by atoms with E-state index in [4.69, 9.17) is 11.6 Å². The van der Waals surface area contributed by atoms with Gasteiger partial charge in [0.15, 0.2) is 0 Å². The summed E-state index contributed by atoms with van der Waals surface area (Å²) >= 11 is 6.11. The molecule has 0 atom stereocenters. The molecule has 0 aliphatic heterocycles. The van der Waals surface area contributed by atoms with Crippen LogP contribution in [-0.2, 0) is 13.1 Å². The van der Waals surface area contributed by atoms with E-state index in [1.165, 1.54) is 22.2 Å². The van der Waals surface area contributed by atoms with Gasteiger partial charge in [-0.2, -0.15) is 0 Å². The first-order valence-corrected chi connectivity index (χ1v) is 7.68. The van der Waals surface area contributed by atoms with Gasteiger partial charge in [0.25, 0.3) is 0 Å². The monoisotopic (exact) mass is 298 g/mol. The third-order valence-corrected chi connectivity index (χ3v) is 3.92. The van der Waals surface area contributed by atoms with Crippen LogP contribution in [0.2, 0.25) is 5.02 Å². The van der Waals surface area contributed by atoms with Gasteiger partial charge in [-0.1, -0.05) is 48.9 Å². The van der Waals surface area contributed by atoms with Crippen molar-refractivity contribution in [2.75, 3.05) is 6.54 Å². The third-order valence-electron chi connectivity index (χ3n) is 3.68. The van der Waals surface area contributed by atoms with E-state index >= 15 is 0 Å². The molecule has 108 valence electrons. The summed E-state index contributed by atoms with van der Waals surface area (Å²) in [6.45, 7) is 4.82. The Hall–Kier alpha value is -1.77. The van der Waals surface area contributed by atoms with Gasteiger partial charge in [0, 0.05) is 29.3 Å². The number of halogens is 1. The molecule has 0 aliphatic carbocycles. The fourth-order valence-electron chi connectivity index (χ4n) is 2.67. The molecule has 0 radical (unpaired) electrons. The maximum absolute atomic E-state index is 6.11. The maximum Gasteiger partial charge on any atom is 0.0486 e. The highest BCUT2D eigenvalue weighted by atomic mass is 35.5. The van der Waals surface area contributed by atoms with Crippen molar-refractivity contribution < 1.29 is 0 Å². The van der Waals surface area contributed by atoms with Crippen molar-refractivity contribution in [3.63, 3.8) is 0 Å². The summed E-state index contributed by atoms with van der Waals surface area (Å²) in [4.78, 5) is 0. The van der Waals surface area contributed by atoms with Crippen LogP contribution in [0.25, 0.3) is 10.9 Å². The number of para-hydroxylation sites is 1. The normalized spacial score (nSPS) is 11.1. The van der Waals surface area contributed by atoms with E-state index in [2.05, 4.69) is 53.2 Å². The van der Waals surface area contributed by atoms with Crippen LogP contribution in [0.1, 0.15) is 18.2 Å². The first-order chi connectivity index (χ1) is 10.3. The summed E-state index contributed by atoms with van der Waals surface area (Å²) in [5.41, 5.74) is 3.80. The lowest BCUT2D eigenvalue weighted by atomic mass is 10.2. The second-order valence-electron chi connectivity index (χ2n) is 5.19. The van der Waals surface area contributed by atoms with E-state index in [0.717, 1.165) is 24.7 Å². The minimum absolute atomic E-state index is 0.789. The van der Waals surface area contributed by atoms with Crippen LogP contribution in [-0.4, -0.2) is 11.1 Å². The summed E-state index contributed by atoms with van der Waals surface area (Å²) < 4.78 is 2.36. The van der Waals surface area contributed by atoms with E-state index in [0.29, 0.717) is 0 Å². The molecule has 1 heterocycles. The molecule has 3 rings (SSSR count). The van der Waals surface area contributed by atoms with Crippen molar-refractivity contribution in [2.45, 2.75) is 20.0 Å². The molecule has 3 heteroatoms. The fraction of sp³-hybridized carbons (Fsp3) is 0.222. The number of rotatable bonds is 5. The van der Waals surface area contributed by atoms with Crippen LogP contribution in [0.15, 0.2) is 54.6 Å². The molecular formula is C18H19ClN2. The van der Waals surface area contributed by atoms with E-state index in [9.17, 15) is 0 Å². The molecule has 21 heavy (non-hydrogen) atoms. The van der Waals surface area contributed by atoms with Crippen molar-refractivity contribution in [1.29, 1.82) is 0 Å². The summed E-state index contributed by atoms with van der Waals surface area (Å²) in [6.07, 6.45) is 0. The Morgan fingerprint density at radius 2 is 1.90 bits per heavy atom. The average Bonchev–Trinajstić information content (AvgIpc) is 2.83. The Labute approximate surface area is 130 Å². The summed E-state index contributed by atoms with van der Waals surface area (Å²) in [5, 5.41) is 5.49. The molecule has 0 amide bonds. The molecule has 0 unspecified atom stereocenters. The van der Waals surface area contributed by atoms with Crippen LogP contribution < -0.4 is 5.32 Å². The number of hydrogen-bond donors (Lipinski definition) is 1. The van der Waals surface area contributed by atoms with Crippen molar-refractivity contribution >= 4 is 22.5 Å². The molecule has 2 nitrogen and oxygen atoms in total. The minimum atomic E-state index is 0.789. The second kappa shape index (κ2) is 6.33. The van der Waals surface area contributed by atoms with Gasteiger partial charge in [0.2, 0.25) is 0 Å². The molecule has 1 aromatic heterocycles. The predicted molar refractivity (Wildman–Crippen MR) is 89.9 cm³/mol. The molecule has 0 saturated carbocycles. The Kier molecular flexibility index (Phi) is 4.28. The highest BCUT2D eigenvalue weighted by Crippen LogP contribution is 2.22. The lowest BCUT2D eigenvalue weighted by Gasteiger charge is -2.11. The van der Waals surface area contributed by atoms with Gasteiger partial charge in [0.1, 0.15) is 0 Å². The topological polar surface area (TPSA) is 17.0 Å². The largest absolute Gasteiger partial charge is 0.339 e. The maximum atomic E-state index is 6.11. The van der Waals surface area contributed by atoms with Gasteiger partial charge < -0.3 is 9.88 Å². The van der Waals surface area contributed by atoms with Crippen molar-refractivity contribution in [1.82, 2.24) is 9.88 Å². The predicted octanol–water partition coefficient (Wildman–Crippen LogP) is 4.45. The van der Waals surface area contributed by atoms with E-state index in [1.807, 2.05) is 18.2 Å². The molecule has 0 aliphatic rings. The third kappa shape index (κ3) is 3.12. The second-order valence-corrected chi connectivity index (χ2v) is 5.63. The molecule has 2 aromatic carbocycles. The Morgan fingerprint density at radius 3 is 2.71 bits per heavy atom. The lowest BCUT2D eigenvalue weighted by molar-refractivity contribution is 0.666. The van der Waals surface area contributed by atoms with Crippen molar-refractivity contribution in [3.8, 4) is 0 Å². The van der Waals surface area contributed by atoms with Gasteiger partial charge >= 0.3 is 0 Å². The van der Waals surface area contributed by atoms with Crippen LogP contribution in [0.3, 0.4) is 0 Å². The highest BCUT2D eigenvalue weighted by Gasteiger charge is 2.08. The summed E-state index contributed by atoms with van der Waals surface area (Å²) in [7, 11) is 0. The Morgan fingerprint density at radius 1 is 1.05 bits per heavy atom. The van der Waals surface area contributed by atoms with Gasteiger partial charge in [-0.25, -0.2) is 0 Å². The zero-order valence-electron chi connectivity index (χ0n) is 12.1. The fourth-order valence-corrected chi connectivity index (χ4v) is 2.88. The van der Waals surface area contributed by atoms with Gasteiger partial charge in [-0.3, -0.25) is 0 Å². The minimum Gasteiger partial charge on any atom is -0.339 e. The first kappa shape index (κ1) is 14.2. The molecule has 0 bridgehead atoms. The number of hydrogen-bond acceptors (Lipinski definition) is 1. The van der Waals surface area contributed by atoms with Crippen molar-refractivity contribution in [3.05, 3.63) is 70.9 Å². The number of nitrogens with one attached hydrogen (secondary N) is 1. The van der Waals surface area contributed by atoms with Crippen LogP contribution in [0.5, 0.6) is 0 Å². The van der Waals surface area contributed by atoms with Crippen molar-refractivity contribution in [2.24, 2.45) is 0 Å². The van der Waals surface area contributed by atoms with Crippen LogP contribution >= 0.6 is 11.6 Å². The smallest absolute Gasteiger partial charge is 0.0486 e. The van der Waals surface area contributed by atoms with Crippen LogP contribution in [0, 0.1) is 0 Å². The summed E-state index contributed by atoms with van der Waals surface area (Å²) in [5.74, 6) is 0. The standard InChI is InChI=1S/C18H19ClN2/c1-2-20-12-17-11-15-7-3-4-9-18(15)21(17)13-14-6-5-8-16(19)10-14/h3-11,20H,2,12-13H2,1H3. The molecule has 1 N–H and O–H groups in total. The molecule has 0 saturated heterocycles. The first-order valence-electron chi connectivity index (χ1n) is 7.30. The van der Waals surface area contributed by atoms with Crippen LogP contribution in [0.4, 0.5) is 0 Å². The number of benzene rings is 2. The van der Waals surface area contributed by atoms with Gasteiger partial charge in [-0.15, -0.1) is 0 Å². The lowest BCUT2D eigenvalue weighted by Crippen LogP contribution is -2.15.